The summed E-state index contributed by atoms with van der Waals surface area (Å²) in [7, 11) is 0. The van der Waals surface area contributed by atoms with Crippen molar-refractivity contribution in [3.63, 3.8) is 0 Å². The van der Waals surface area contributed by atoms with Crippen molar-refractivity contribution in [1.29, 1.82) is 0 Å². The van der Waals surface area contributed by atoms with E-state index < -0.39 is 0 Å². The van der Waals surface area contributed by atoms with Gasteiger partial charge in [0.25, 0.3) is 0 Å². The molecule has 1 N–H and O–H groups in total. The van der Waals surface area contributed by atoms with E-state index in [9.17, 15) is 4.39 Å². The molecule has 0 unspecified atom stereocenters. The van der Waals surface area contributed by atoms with Gasteiger partial charge in [-0.2, -0.15) is 9.36 Å². The second-order valence-electron chi connectivity index (χ2n) is 2.96. The standard InChI is InChI=1S/C10H10FN3S/c1-2-12-10-13-9(14-15-10)7-4-3-5-8(11)6-7/h3-6H,2H2,1H3,(H,12,13,14). The van der Waals surface area contributed by atoms with Gasteiger partial charge in [0.15, 0.2) is 5.82 Å². The predicted octanol–water partition coefficient (Wildman–Crippen LogP) is 2.78. The zero-order chi connectivity index (χ0) is 10.7. The molecule has 2 aromatic rings. The quantitative estimate of drug-likeness (QED) is 0.869. The highest BCUT2D eigenvalue weighted by Gasteiger charge is 2.06. The summed E-state index contributed by atoms with van der Waals surface area (Å²) in [4.78, 5) is 4.24. The first-order chi connectivity index (χ1) is 7.29. The zero-order valence-electron chi connectivity index (χ0n) is 8.20. The van der Waals surface area contributed by atoms with Crippen LogP contribution in [0.1, 0.15) is 6.92 Å². The minimum atomic E-state index is -0.271. The van der Waals surface area contributed by atoms with E-state index in [0.717, 1.165) is 11.7 Å². The highest BCUT2D eigenvalue weighted by atomic mass is 32.1. The summed E-state index contributed by atoms with van der Waals surface area (Å²) < 4.78 is 17.1. The number of rotatable bonds is 3. The molecule has 3 nitrogen and oxygen atoms in total. The van der Waals surface area contributed by atoms with Crippen LogP contribution in [-0.2, 0) is 0 Å². The van der Waals surface area contributed by atoms with E-state index >= 15 is 0 Å². The van der Waals surface area contributed by atoms with E-state index in [1.807, 2.05) is 6.92 Å². The van der Waals surface area contributed by atoms with Crippen LogP contribution in [0.3, 0.4) is 0 Å². The van der Waals surface area contributed by atoms with E-state index in [-0.39, 0.29) is 5.82 Å². The minimum Gasteiger partial charge on any atom is -0.361 e. The molecular formula is C10H10FN3S. The molecule has 0 aliphatic heterocycles. The molecule has 0 bridgehead atoms. The van der Waals surface area contributed by atoms with Gasteiger partial charge in [-0.15, -0.1) is 0 Å². The highest BCUT2D eigenvalue weighted by molar-refractivity contribution is 7.09. The SMILES string of the molecule is CCNc1nc(-c2cccc(F)c2)ns1. The Kier molecular flexibility index (Phi) is 2.91. The Balaban J connectivity index is 2.29. The molecule has 2 rings (SSSR count). The molecule has 1 heterocycles. The van der Waals surface area contributed by atoms with Crippen molar-refractivity contribution in [2.45, 2.75) is 6.92 Å². The fraction of sp³-hybridized carbons (Fsp3) is 0.200. The lowest BCUT2D eigenvalue weighted by molar-refractivity contribution is 0.628. The van der Waals surface area contributed by atoms with E-state index in [4.69, 9.17) is 0 Å². The van der Waals surface area contributed by atoms with Gasteiger partial charge in [-0.3, -0.25) is 0 Å². The molecule has 78 valence electrons. The third-order valence-electron chi connectivity index (χ3n) is 1.84. The van der Waals surface area contributed by atoms with E-state index in [1.165, 1.54) is 23.7 Å². The Morgan fingerprint density at radius 3 is 3.07 bits per heavy atom. The summed E-state index contributed by atoms with van der Waals surface area (Å²) in [6, 6.07) is 6.28. The molecule has 0 atom stereocenters. The van der Waals surface area contributed by atoms with Crippen LogP contribution in [0.4, 0.5) is 9.52 Å². The number of nitrogens with zero attached hydrogens (tertiary/aromatic N) is 2. The highest BCUT2D eigenvalue weighted by Crippen LogP contribution is 2.21. The summed E-state index contributed by atoms with van der Waals surface area (Å²) in [6.07, 6.45) is 0. The second-order valence-corrected chi connectivity index (χ2v) is 3.72. The van der Waals surface area contributed by atoms with Crippen LogP contribution in [0.15, 0.2) is 24.3 Å². The second kappa shape index (κ2) is 4.35. The molecular weight excluding hydrogens is 213 g/mol. The number of hydrogen-bond acceptors (Lipinski definition) is 4. The number of nitrogens with one attached hydrogen (secondary N) is 1. The van der Waals surface area contributed by atoms with Crippen LogP contribution in [-0.4, -0.2) is 15.9 Å². The summed E-state index contributed by atoms with van der Waals surface area (Å²) in [6.45, 7) is 2.79. The monoisotopic (exact) mass is 223 g/mol. The van der Waals surface area contributed by atoms with Crippen molar-refractivity contribution in [3.8, 4) is 11.4 Å². The zero-order valence-corrected chi connectivity index (χ0v) is 9.01. The average Bonchev–Trinajstić information content (AvgIpc) is 2.67. The van der Waals surface area contributed by atoms with Crippen molar-refractivity contribution >= 4 is 16.7 Å². The van der Waals surface area contributed by atoms with Crippen LogP contribution in [0, 0.1) is 5.82 Å². The lowest BCUT2D eigenvalue weighted by atomic mass is 10.2. The van der Waals surface area contributed by atoms with Crippen LogP contribution in [0.2, 0.25) is 0 Å². The van der Waals surface area contributed by atoms with E-state index in [1.54, 1.807) is 12.1 Å². The molecule has 15 heavy (non-hydrogen) atoms. The summed E-state index contributed by atoms with van der Waals surface area (Å²) >= 11 is 1.28. The maximum Gasteiger partial charge on any atom is 0.202 e. The summed E-state index contributed by atoms with van der Waals surface area (Å²) in [5.74, 6) is 0.294. The van der Waals surface area contributed by atoms with Gasteiger partial charge < -0.3 is 5.32 Å². The molecule has 0 amide bonds. The van der Waals surface area contributed by atoms with Gasteiger partial charge in [-0.1, -0.05) is 12.1 Å². The first-order valence-electron chi connectivity index (χ1n) is 4.63. The molecule has 0 radical (unpaired) electrons. The van der Waals surface area contributed by atoms with Crippen LogP contribution in [0.5, 0.6) is 0 Å². The molecule has 1 aromatic carbocycles. The van der Waals surface area contributed by atoms with Gasteiger partial charge in [0, 0.05) is 23.6 Å². The topological polar surface area (TPSA) is 37.8 Å². The van der Waals surface area contributed by atoms with E-state index in [2.05, 4.69) is 14.7 Å². The van der Waals surface area contributed by atoms with Gasteiger partial charge in [0.05, 0.1) is 0 Å². The Morgan fingerprint density at radius 2 is 2.33 bits per heavy atom. The molecule has 0 aliphatic rings. The van der Waals surface area contributed by atoms with Crippen molar-refractivity contribution in [1.82, 2.24) is 9.36 Å². The van der Waals surface area contributed by atoms with Crippen molar-refractivity contribution < 1.29 is 4.39 Å². The molecule has 0 fully saturated rings. The van der Waals surface area contributed by atoms with Crippen molar-refractivity contribution in [3.05, 3.63) is 30.1 Å². The smallest absolute Gasteiger partial charge is 0.202 e. The lowest BCUT2D eigenvalue weighted by Gasteiger charge is -1.95. The third kappa shape index (κ3) is 2.30. The largest absolute Gasteiger partial charge is 0.361 e. The molecule has 0 aliphatic carbocycles. The van der Waals surface area contributed by atoms with Gasteiger partial charge in [-0.05, 0) is 19.1 Å². The van der Waals surface area contributed by atoms with Crippen LogP contribution in [0.25, 0.3) is 11.4 Å². The predicted molar refractivity (Wildman–Crippen MR) is 59.5 cm³/mol. The first kappa shape index (κ1) is 10.0. The normalized spacial score (nSPS) is 10.3. The Morgan fingerprint density at radius 1 is 1.47 bits per heavy atom. The number of benzene rings is 1. The Hall–Kier alpha value is -1.49. The fourth-order valence-electron chi connectivity index (χ4n) is 1.19. The summed E-state index contributed by atoms with van der Waals surface area (Å²) in [5, 5.41) is 3.82. The van der Waals surface area contributed by atoms with Crippen molar-refractivity contribution in [2.24, 2.45) is 0 Å². The number of aromatic nitrogens is 2. The molecule has 0 saturated carbocycles. The van der Waals surface area contributed by atoms with Crippen molar-refractivity contribution in [2.75, 3.05) is 11.9 Å². The minimum absolute atomic E-state index is 0.271. The van der Waals surface area contributed by atoms with Crippen LogP contribution >= 0.6 is 11.5 Å². The van der Waals surface area contributed by atoms with Gasteiger partial charge in [0.2, 0.25) is 5.13 Å². The van der Waals surface area contributed by atoms with Gasteiger partial charge >= 0.3 is 0 Å². The first-order valence-corrected chi connectivity index (χ1v) is 5.40. The maximum absolute atomic E-state index is 12.9. The van der Waals surface area contributed by atoms with Gasteiger partial charge in [0.1, 0.15) is 5.82 Å². The number of halogens is 1. The lowest BCUT2D eigenvalue weighted by Crippen LogP contribution is -1.94. The Bertz CT molecular complexity index is 455. The third-order valence-corrected chi connectivity index (χ3v) is 2.51. The van der Waals surface area contributed by atoms with E-state index in [0.29, 0.717) is 11.4 Å². The number of hydrogen-bond donors (Lipinski definition) is 1. The van der Waals surface area contributed by atoms with Crippen LogP contribution < -0.4 is 5.32 Å². The fourth-order valence-corrected chi connectivity index (χ4v) is 1.85. The molecule has 0 spiro atoms. The summed E-state index contributed by atoms with van der Waals surface area (Å²) in [5.41, 5.74) is 0.704. The Labute approximate surface area is 91.2 Å². The molecule has 0 saturated heterocycles. The maximum atomic E-state index is 12.9. The average molecular weight is 223 g/mol. The number of anilines is 1. The van der Waals surface area contributed by atoms with Gasteiger partial charge in [-0.25, -0.2) is 4.39 Å². The molecule has 1 aromatic heterocycles. The molecule has 5 heteroatoms.